The van der Waals surface area contributed by atoms with E-state index in [1.165, 1.54) is 34.4 Å². The average Bonchev–Trinajstić information content (AvgIpc) is 3.31. The quantitative estimate of drug-likeness (QED) is 0.325. The van der Waals surface area contributed by atoms with E-state index in [0.29, 0.717) is 0 Å². The fourth-order valence-corrected chi connectivity index (χ4v) is 5.49. The predicted octanol–water partition coefficient (Wildman–Crippen LogP) is 6.91. The van der Waals surface area contributed by atoms with Gasteiger partial charge in [-0.05, 0) is 55.0 Å². The van der Waals surface area contributed by atoms with Crippen LogP contribution in [0.15, 0.2) is 59.7 Å². The van der Waals surface area contributed by atoms with E-state index in [-0.39, 0.29) is 0 Å². The molecular weight excluding hydrogens is 410 g/mol. The molecule has 0 N–H and O–H groups in total. The highest BCUT2D eigenvalue weighted by Gasteiger charge is 2.20. The number of benzene rings is 2. The zero-order chi connectivity index (χ0) is 20.5. The molecule has 30 heavy (non-hydrogen) atoms. The molecule has 0 unspecified atom stereocenters. The van der Waals surface area contributed by atoms with Gasteiger partial charge in [0.05, 0.1) is 5.56 Å². The lowest BCUT2D eigenvalue weighted by atomic mass is 9.96. The number of hydrogen-bond donors (Lipinski definition) is 0. The third-order valence-corrected chi connectivity index (χ3v) is 7.12. The molecule has 1 aliphatic carbocycles. The summed E-state index contributed by atoms with van der Waals surface area (Å²) in [5, 5.41) is 12.4. The SMILES string of the molecule is N#Cc1c(/N=C/c2cn(Cc3ccc(Cl)cc3)c3ccccc23)sc2c1CCCC2. The van der Waals surface area contributed by atoms with Crippen molar-refractivity contribution in [3.63, 3.8) is 0 Å². The Labute approximate surface area is 184 Å². The molecular formula is C25H20ClN3S. The van der Waals surface area contributed by atoms with Gasteiger partial charge in [-0.2, -0.15) is 5.26 Å². The van der Waals surface area contributed by atoms with Gasteiger partial charge in [-0.25, -0.2) is 4.99 Å². The van der Waals surface area contributed by atoms with Crippen LogP contribution in [0.4, 0.5) is 5.00 Å². The standard InChI is InChI=1S/C25H20ClN3S/c26-19-11-9-17(10-12-19)15-29-16-18(20-5-1-3-7-23(20)29)14-28-25-22(13-27)21-6-2-4-8-24(21)30-25/h1,3,5,7,9-12,14,16H,2,4,6,8,15H2/b28-14+. The van der Waals surface area contributed by atoms with Crippen molar-refractivity contribution in [2.75, 3.05) is 0 Å². The van der Waals surface area contributed by atoms with Gasteiger partial charge in [-0.3, -0.25) is 0 Å². The molecule has 148 valence electrons. The normalized spacial score (nSPS) is 13.6. The molecule has 2 aromatic carbocycles. The molecule has 0 fully saturated rings. The number of nitriles is 1. The Kier molecular flexibility index (Phi) is 5.16. The van der Waals surface area contributed by atoms with Crippen LogP contribution in [0.2, 0.25) is 5.02 Å². The molecule has 0 radical (unpaired) electrons. The molecule has 0 amide bonds. The molecule has 0 saturated carbocycles. The zero-order valence-electron chi connectivity index (χ0n) is 16.4. The van der Waals surface area contributed by atoms with E-state index >= 15 is 0 Å². The van der Waals surface area contributed by atoms with E-state index in [1.807, 2.05) is 18.3 Å². The molecule has 3 nitrogen and oxygen atoms in total. The van der Waals surface area contributed by atoms with Crippen molar-refractivity contribution >= 4 is 45.1 Å². The number of fused-ring (bicyclic) bond motifs is 2. The number of aliphatic imine (C=N–C) groups is 1. The summed E-state index contributed by atoms with van der Waals surface area (Å²) < 4.78 is 2.24. The first kappa shape index (κ1) is 19.1. The van der Waals surface area contributed by atoms with Crippen molar-refractivity contribution in [1.29, 1.82) is 5.26 Å². The van der Waals surface area contributed by atoms with E-state index in [4.69, 9.17) is 16.6 Å². The Hall–Kier alpha value is -2.87. The molecule has 0 aliphatic heterocycles. The van der Waals surface area contributed by atoms with Crippen LogP contribution < -0.4 is 0 Å². The topological polar surface area (TPSA) is 41.1 Å². The van der Waals surface area contributed by atoms with Gasteiger partial charge in [-0.1, -0.05) is 41.9 Å². The van der Waals surface area contributed by atoms with Crippen molar-refractivity contribution in [3.05, 3.63) is 86.9 Å². The highest BCUT2D eigenvalue weighted by Crippen LogP contribution is 2.39. The highest BCUT2D eigenvalue weighted by molar-refractivity contribution is 7.16. The minimum Gasteiger partial charge on any atom is -0.342 e. The Bertz CT molecular complexity index is 1290. The van der Waals surface area contributed by atoms with Gasteiger partial charge in [0.25, 0.3) is 0 Å². The van der Waals surface area contributed by atoms with Crippen molar-refractivity contribution in [2.24, 2.45) is 4.99 Å². The van der Waals surface area contributed by atoms with E-state index in [2.05, 4.69) is 53.2 Å². The minimum absolute atomic E-state index is 0.746. The van der Waals surface area contributed by atoms with Crippen LogP contribution in [0.3, 0.4) is 0 Å². The van der Waals surface area contributed by atoms with Gasteiger partial charge >= 0.3 is 0 Å². The van der Waals surface area contributed by atoms with E-state index in [0.717, 1.165) is 45.9 Å². The van der Waals surface area contributed by atoms with Gasteiger partial charge in [0.15, 0.2) is 0 Å². The summed E-state index contributed by atoms with van der Waals surface area (Å²) in [6, 6.07) is 18.7. The maximum Gasteiger partial charge on any atom is 0.134 e. The number of aromatic nitrogens is 1. The van der Waals surface area contributed by atoms with Crippen LogP contribution >= 0.6 is 22.9 Å². The molecule has 0 bridgehead atoms. The molecule has 1 aliphatic rings. The second-order valence-electron chi connectivity index (χ2n) is 7.62. The number of rotatable bonds is 4. The summed E-state index contributed by atoms with van der Waals surface area (Å²) in [5.74, 6) is 0. The summed E-state index contributed by atoms with van der Waals surface area (Å²) >= 11 is 7.71. The fourth-order valence-electron chi connectivity index (χ4n) is 4.18. The van der Waals surface area contributed by atoms with E-state index in [9.17, 15) is 5.26 Å². The molecule has 2 aromatic heterocycles. The largest absolute Gasteiger partial charge is 0.342 e. The first-order valence-corrected chi connectivity index (χ1v) is 11.3. The van der Waals surface area contributed by atoms with Crippen LogP contribution in [0, 0.1) is 11.3 Å². The Balaban J connectivity index is 1.52. The number of para-hydroxylation sites is 1. The van der Waals surface area contributed by atoms with Crippen molar-refractivity contribution < 1.29 is 0 Å². The van der Waals surface area contributed by atoms with E-state index < -0.39 is 0 Å². The van der Waals surface area contributed by atoms with Crippen LogP contribution in [0.5, 0.6) is 0 Å². The van der Waals surface area contributed by atoms with Gasteiger partial charge in [0.1, 0.15) is 11.1 Å². The second kappa shape index (κ2) is 8.10. The van der Waals surface area contributed by atoms with Crippen LogP contribution in [0.25, 0.3) is 10.9 Å². The minimum atomic E-state index is 0.746. The summed E-state index contributed by atoms with van der Waals surface area (Å²) in [6.07, 6.45) is 8.51. The Morgan fingerprint density at radius 1 is 1.10 bits per heavy atom. The molecule has 0 spiro atoms. The van der Waals surface area contributed by atoms with Gasteiger partial charge in [0, 0.05) is 45.3 Å². The number of halogens is 1. The third-order valence-electron chi connectivity index (χ3n) is 5.67. The molecule has 0 saturated heterocycles. The maximum absolute atomic E-state index is 9.69. The zero-order valence-corrected chi connectivity index (χ0v) is 18.0. The third kappa shape index (κ3) is 3.56. The van der Waals surface area contributed by atoms with Gasteiger partial charge < -0.3 is 4.57 Å². The van der Waals surface area contributed by atoms with E-state index in [1.54, 1.807) is 11.3 Å². The molecule has 0 atom stereocenters. The summed E-state index contributed by atoms with van der Waals surface area (Å²) in [6.45, 7) is 0.766. The van der Waals surface area contributed by atoms with Crippen LogP contribution in [-0.4, -0.2) is 10.8 Å². The first-order valence-electron chi connectivity index (χ1n) is 10.1. The monoisotopic (exact) mass is 429 g/mol. The van der Waals surface area contributed by atoms with Crippen molar-refractivity contribution in [3.8, 4) is 6.07 Å². The molecule has 5 heteroatoms. The lowest BCUT2D eigenvalue weighted by molar-refractivity contribution is 0.696. The smallest absolute Gasteiger partial charge is 0.134 e. The van der Waals surface area contributed by atoms with Crippen LogP contribution in [0.1, 0.15) is 40.0 Å². The summed E-state index contributed by atoms with van der Waals surface area (Å²) in [4.78, 5) is 6.12. The lowest BCUT2D eigenvalue weighted by Crippen LogP contribution is -1.99. The number of aryl methyl sites for hydroxylation is 1. The summed E-state index contributed by atoms with van der Waals surface area (Å²) in [7, 11) is 0. The Morgan fingerprint density at radius 2 is 1.90 bits per heavy atom. The molecule has 4 aromatic rings. The fraction of sp³-hybridized carbons (Fsp3) is 0.200. The Morgan fingerprint density at radius 3 is 2.73 bits per heavy atom. The van der Waals surface area contributed by atoms with Crippen molar-refractivity contribution in [2.45, 2.75) is 32.2 Å². The lowest BCUT2D eigenvalue weighted by Gasteiger charge is -2.09. The number of thiophene rings is 1. The second-order valence-corrected chi connectivity index (χ2v) is 9.14. The highest BCUT2D eigenvalue weighted by atomic mass is 35.5. The van der Waals surface area contributed by atoms with Gasteiger partial charge in [-0.15, -0.1) is 11.3 Å². The van der Waals surface area contributed by atoms with Crippen LogP contribution in [-0.2, 0) is 19.4 Å². The molecule has 5 rings (SSSR count). The number of hydrogen-bond acceptors (Lipinski definition) is 3. The maximum atomic E-state index is 9.69. The average molecular weight is 430 g/mol. The summed E-state index contributed by atoms with van der Waals surface area (Å²) in [5.41, 5.74) is 5.43. The van der Waals surface area contributed by atoms with Crippen molar-refractivity contribution in [1.82, 2.24) is 4.57 Å². The van der Waals surface area contributed by atoms with Gasteiger partial charge in [0.2, 0.25) is 0 Å². The molecule has 2 heterocycles. The first-order chi connectivity index (χ1) is 14.7. The number of nitrogens with zero attached hydrogens (tertiary/aromatic N) is 3. The predicted molar refractivity (Wildman–Crippen MR) is 125 cm³/mol.